The first-order valence-electron chi connectivity index (χ1n) is 8.69. The average Bonchev–Trinajstić information content (AvgIpc) is 2.57. The van der Waals surface area contributed by atoms with E-state index in [1.165, 1.54) is 31.4 Å². The van der Waals surface area contributed by atoms with Crippen molar-refractivity contribution in [1.82, 2.24) is 0 Å². The molecule has 0 amide bonds. The van der Waals surface area contributed by atoms with Crippen LogP contribution in [0.3, 0.4) is 0 Å². The van der Waals surface area contributed by atoms with Gasteiger partial charge in [-0.3, -0.25) is 4.79 Å². The number of hydrogen-bond acceptors (Lipinski definition) is 2. The molecule has 0 spiro atoms. The number of halogens is 1. The van der Waals surface area contributed by atoms with E-state index in [0.29, 0.717) is 23.7 Å². The van der Waals surface area contributed by atoms with E-state index >= 15 is 0 Å². The number of esters is 1. The summed E-state index contributed by atoms with van der Waals surface area (Å²) in [6.45, 7) is 1.97. The Labute approximate surface area is 142 Å². The van der Waals surface area contributed by atoms with Crippen LogP contribution < -0.4 is 4.74 Å². The molecular weight excluding hydrogens is 303 g/mol. The molecule has 0 unspecified atom stereocenters. The summed E-state index contributed by atoms with van der Waals surface area (Å²) in [4.78, 5) is 12.2. The van der Waals surface area contributed by atoms with Gasteiger partial charge in [-0.2, -0.15) is 0 Å². The molecule has 3 rings (SSSR count). The lowest BCUT2D eigenvalue weighted by Gasteiger charge is -2.20. The standard InChI is InChI=1S/C21H23FO2/c1-15-6-5-9-17(12-15)19-14-18(10-11-20(19)22)24-21(23)13-16-7-3-2-4-8-16/h5-6,9-12,14,16H,2-4,7-8,13H2,1H3. The summed E-state index contributed by atoms with van der Waals surface area (Å²) in [5.74, 6) is 0.313. The number of ether oxygens (including phenoxy) is 1. The third-order valence-corrected chi connectivity index (χ3v) is 4.68. The molecule has 2 nitrogen and oxygen atoms in total. The predicted octanol–water partition coefficient (Wildman–Crippen LogP) is 5.68. The average molecular weight is 326 g/mol. The third kappa shape index (κ3) is 4.22. The summed E-state index contributed by atoms with van der Waals surface area (Å²) >= 11 is 0. The van der Waals surface area contributed by atoms with Crippen LogP contribution in [0.5, 0.6) is 5.75 Å². The normalized spacial score (nSPS) is 15.2. The topological polar surface area (TPSA) is 26.3 Å². The van der Waals surface area contributed by atoms with Crippen LogP contribution in [-0.2, 0) is 4.79 Å². The van der Waals surface area contributed by atoms with E-state index in [4.69, 9.17) is 4.74 Å². The van der Waals surface area contributed by atoms with Crippen molar-refractivity contribution >= 4 is 5.97 Å². The maximum absolute atomic E-state index is 14.2. The number of aryl methyl sites for hydroxylation is 1. The Hall–Kier alpha value is -2.16. The van der Waals surface area contributed by atoms with Gasteiger partial charge in [-0.05, 0) is 49.4 Å². The van der Waals surface area contributed by atoms with E-state index in [1.807, 2.05) is 31.2 Å². The van der Waals surface area contributed by atoms with Gasteiger partial charge in [-0.25, -0.2) is 4.39 Å². The summed E-state index contributed by atoms with van der Waals surface area (Å²) in [5.41, 5.74) is 2.31. The zero-order valence-corrected chi connectivity index (χ0v) is 14.1. The second-order valence-corrected chi connectivity index (χ2v) is 6.69. The van der Waals surface area contributed by atoms with E-state index in [9.17, 15) is 9.18 Å². The van der Waals surface area contributed by atoms with Crippen molar-refractivity contribution in [3.05, 3.63) is 53.8 Å². The van der Waals surface area contributed by atoms with Crippen molar-refractivity contribution in [2.75, 3.05) is 0 Å². The second-order valence-electron chi connectivity index (χ2n) is 6.69. The fourth-order valence-electron chi connectivity index (χ4n) is 3.40. The summed E-state index contributed by atoms with van der Waals surface area (Å²) in [6, 6.07) is 12.1. The van der Waals surface area contributed by atoms with Gasteiger partial charge in [0.15, 0.2) is 0 Å². The van der Waals surface area contributed by atoms with Gasteiger partial charge in [0.05, 0.1) is 0 Å². The van der Waals surface area contributed by atoms with Crippen LogP contribution in [0.4, 0.5) is 4.39 Å². The van der Waals surface area contributed by atoms with Gasteiger partial charge in [0.1, 0.15) is 11.6 Å². The first-order chi connectivity index (χ1) is 11.6. The van der Waals surface area contributed by atoms with Crippen LogP contribution >= 0.6 is 0 Å². The first kappa shape index (κ1) is 16.7. The van der Waals surface area contributed by atoms with Crippen LogP contribution in [0.25, 0.3) is 11.1 Å². The second kappa shape index (κ2) is 7.61. The molecule has 0 aliphatic heterocycles. The highest BCUT2D eigenvalue weighted by molar-refractivity contribution is 5.74. The fraction of sp³-hybridized carbons (Fsp3) is 0.381. The van der Waals surface area contributed by atoms with Gasteiger partial charge < -0.3 is 4.74 Å². The lowest BCUT2D eigenvalue weighted by Crippen LogP contribution is -2.16. The molecule has 2 aromatic rings. The Kier molecular flexibility index (Phi) is 5.29. The molecule has 1 aliphatic rings. The molecule has 0 saturated heterocycles. The minimum Gasteiger partial charge on any atom is -0.426 e. The molecule has 1 aliphatic carbocycles. The Morgan fingerprint density at radius 1 is 1.12 bits per heavy atom. The van der Waals surface area contributed by atoms with E-state index < -0.39 is 0 Å². The molecule has 0 aromatic heterocycles. The molecule has 0 N–H and O–H groups in total. The minimum absolute atomic E-state index is 0.219. The van der Waals surface area contributed by atoms with Gasteiger partial charge in [-0.15, -0.1) is 0 Å². The zero-order chi connectivity index (χ0) is 16.9. The highest BCUT2D eigenvalue weighted by Crippen LogP contribution is 2.29. The lowest BCUT2D eigenvalue weighted by molar-refractivity contribution is -0.135. The Bertz CT molecular complexity index is 718. The van der Waals surface area contributed by atoms with Crippen molar-refractivity contribution in [2.45, 2.75) is 45.4 Å². The van der Waals surface area contributed by atoms with Crippen LogP contribution in [-0.4, -0.2) is 5.97 Å². The van der Waals surface area contributed by atoms with Gasteiger partial charge in [0.2, 0.25) is 0 Å². The predicted molar refractivity (Wildman–Crippen MR) is 93.4 cm³/mol. The summed E-state index contributed by atoms with van der Waals surface area (Å²) in [7, 11) is 0. The smallest absolute Gasteiger partial charge is 0.311 e. The van der Waals surface area contributed by atoms with Crippen molar-refractivity contribution in [1.29, 1.82) is 0 Å². The van der Waals surface area contributed by atoms with Crippen LogP contribution in [0, 0.1) is 18.7 Å². The molecule has 0 heterocycles. The van der Waals surface area contributed by atoms with Crippen LogP contribution in [0.2, 0.25) is 0 Å². The molecule has 2 aromatic carbocycles. The molecule has 0 bridgehead atoms. The molecule has 0 radical (unpaired) electrons. The fourth-order valence-corrected chi connectivity index (χ4v) is 3.40. The first-order valence-corrected chi connectivity index (χ1v) is 8.69. The molecule has 3 heteroatoms. The minimum atomic E-state index is -0.312. The monoisotopic (exact) mass is 326 g/mol. The highest BCUT2D eigenvalue weighted by Gasteiger charge is 2.18. The Morgan fingerprint density at radius 2 is 1.92 bits per heavy atom. The van der Waals surface area contributed by atoms with Gasteiger partial charge in [0, 0.05) is 12.0 Å². The molecule has 1 saturated carbocycles. The maximum Gasteiger partial charge on any atom is 0.311 e. The molecule has 1 fully saturated rings. The molecular formula is C21H23FO2. The number of carbonyl (C=O) groups is 1. The van der Waals surface area contributed by atoms with Gasteiger partial charge in [0.25, 0.3) is 0 Å². The Morgan fingerprint density at radius 3 is 2.67 bits per heavy atom. The summed E-state index contributed by atoms with van der Waals surface area (Å²) in [6.07, 6.45) is 6.33. The molecule has 24 heavy (non-hydrogen) atoms. The van der Waals surface area contributed by atoms with Crippen LogP contribution in [0.1, 0.15) is 44.1 Å². The Balaban J connectivity index is 1.72. The van der Waals surface area contributed by atoms with Crippen molar-refractivity contribution in [3.8, 4) is 16.9 Å². The van der Waals surface area contributed by atoms with E-state index in [1.54, 1.807) is 6.07 Å². The largest absolute Gasteiger partial charge is 0.426 e. The number of rotatable bonds is 4. The van der Waals surface area contributed by atoms with Crippen LogP contribution in [0.15, 0.2) is 42.5 Å². The van der Waals surface area contributed by atoms with E-state index in [-0.39, 0.29) is 11.8 Å². The lowest BCUT2D eigenvalue weighted by atomic mass is 9.87. The number of hydrogen-bond donors (Lipinski definition) is 0. The summed E-state index contributed by atoms with van der Waals surface area (Å²) < 4.78 is 19.6. The quantitative estimate of drug-likeness (QED) is 0.534. The van der Waals surface area contributed by atoms with Crippen molar-refractivity contribution < 1.29 is 13.9 Å². The van der Waals surface area contributed by atoms with Gasteiger partial charge in [-0.1, -0.05) is 49.1 Å². The van der Waals surface area contributed by atoms with Gasteiger partial charge >= 0.3 is 5.97 Å². The van der Waals surface area contributed by atoms with E-state index in [2.05, 4.69) is 0 Å². The maximum atomic E-state index is 14.2. The zero-order valence-electron chi connectivity index (χ0n) is 14.1. The summed E-state index contributed by atoms with van der Waals surface area (Å²) in [5, 5.41) is 0. The number of benzene rings is 2. The molecule has 0 atom stereocenters. The molecule has 126 valence electrons. The SMILES string of the molecule is Cc1cccc(-c2cc(OC(=O)CC3CCCCC3)ccc2F)c1. The number of carbonyl (C=O) groups excluding carboxylic acids is 1. The van der Waals surface area contributed by atoms with Crippen molar-refractivity contribution in [3.63, 3.8) is 0 Å². The van der Waals surface area contributed by atoms with Crippen molar-refractivity contribution in [2.24, 2.45) is 5.92 Å². The highest BCUT2D eigenvalue weighted by atomic mass is 19.1. The third-order valence-electron chi connectivity index (χ3n) is 4.68. The van der Waals surface area contributed by atoms with E-state index in [0.717, 1.165) is 24.0 Å².